The van der Waals surface area contributed by atoms with Gasteiger partial charge in [-0.15, -0.1) is 0 Å². The summed E-state index contributed by atoms with van der Waals surface area (Å²) in [5.41, 5.74) is 1.72. The van der Waals surface area contributed by atoms with Crippen LogP contribution in [0.5, 0.6) is 5.75 Å². The van der Waals surface area contributed by atoms with E-state index >= 15 is 0 Å². The topological polar surface area (TPSA) is 104 Å². The molecule has 1 saturated heterocycles. The lowest BCUT2D eigenvalue weighted by atomic mass is 9.95. The number of aliphatic hydroxyl groups excluding tert-OH is 1. The van der Waals surface area contributed by atoms with Crippen LogP contribution in [0.2, 0.25) is 0 Å². The van der Waals surface area contributed by atoms with Gasteiger partial charge < -0.3 is 9.84 Å². The molecule has 7 nitrogen and oxygen atoms in total. The normalized spacial score (nSPS) is 17.4. The van der Waals surface area contributed by atoms with Gasteiger partial charge in [0.1, 0.15) is 11.5 Å². The first kappa shape index (κ1) is 19.9. The van der Waals surface area contributed by atoms with Crippen molar-refractivity contribution in [2.45, 2.75) is 6.04 Å². The number of aromatic nitrogens is 1. The summed E-state index contributed by atoms with van der Waals surface area (Å²) in [6.45, 7) is 0. The van der Waals surface area contributed by atoms with Crippen molar-refractivity contribution in [1.82, 2.24) is 4.98 Å². The van der Waals surface area contributed by atoms with E-state index in [4.69, 9.17) is 10.00 Å². The highest BCUT2D eigenvalue weighted by atomic mass is 16.5. The van der Waals surface area contributed by atoms with Crippen LogP contribution in [-0.2, 0) is 9.59 Å². The second kappa shape index (κ2) is 8.13. The second-order valence-corrected chi connectivity index (χ2v) is 6.81. The number of carbonyl (C=O) groups is 2. The number of methoxy groups -OCH3 is 1. The van der Waals surface area contributed by atoms with E-state index in [1.165, 1.54) is 12.0 Å². The molecule has 2 heterocycles. The SMILES string of the molecule is COc1ccccc1/C(O)=C1/C(=O)C(=O)N(c2ccc(C#N)cc2)C1c1ccncc1. The van der Waals surface area contributed by atoms with Gasteiger partial charge in [-0.2, -0.15) is 5.26 Å². The molecule has 152 valence electrons. The van der Waals surface area contributed by atoms with Gasteiger partial charge in [0.2, 0.25) is 0 Å². The molecule has 1 atom stereocenters. The third-order valence-corrected chi connectivity index (χ3v) is 5.10. The molecule has 0 spiro atoms. The summed E-state index contributed by atoms with van der Waals surface area (Å²) in [6.07, 6.45) is 3.11. The molecule has 1 unspecified atom stereocenters. The van der Waals surface area contributed by atoms with Crippen LogP contribution in [0.3, 0.4) is 0 Å². The van der Waals surface area contributed by atoms with Gasteiger partial charge in [-0.25, -0.2) is 0 Å². The Labute approximate surface area is 178 Å². The summed E-state index contributed by atoms with van der Waals surface area (Å²) < 4.78 is 5.32. The van der Waals surface area contributed by atoms with Crippen molar-refractivity contribution in [2.75, 3.05) is 12.0 Å². The van der Waals surface area contributed by atoms with Crippen LogP contribution in [0.15, 0.2) is 78.6 Å². The van der Waals surface area contributed by atoms with Crippen LogP contribution >= 0.6 is 0 Å². The summed E-state index contributed by atoms with van der Waals surface area (Å²) in [5, 5.41) is 20.2. The molecule has 2 aromatic carbocycles. The maximum atomic E-state index is 13.1. The number of pyridine rings is 1. The molecule has 0 bridgehead atoms. The van der Waals surface area contributed by atoms with Crippen LogP contribution in [0.4, 0.5) is 5.69 Å². The first-order valence-electron chi connectivity index (χ1n) is 9.41. The van der Waals surface area contributed by atoms with Gasteiger partial charge in [-0.05, 0) is 54.1 Å². The van der Waals surface area contributed by atoms with Gasteiger partial charge in [0.05, 0.1) is 35.9 Å². The Morgan fingerprint density at radius 1 is 1.06 bits per heavy atom. The molecular formula is C24H17N3O4. The number of para-hydroxylation sites is 1. The number of aliphatic hydroxyl groups is 1. The zero-order valence-electron chi connectivity index (χ0n) is 16.5. The number of anilines is 1. The number of carbonyl (C=O) groups excluding carboxylic acids is 2. The lowest BCUT2D eigenvalue weighted by molar-refractivity contribution is -0.132. The number of hydrogen-bond acceptors (Lipinski definition) is 6. The Morgan fingerprint density at radius 2 is 1.74 bits per heavy atom. The van der Waals surface area contributed by atoms with Gasteiger partial charge >= 0.3 is 0 Å². The van der Waals surface area contributed by atoms with E-state index < -0.39 is 17.7 Å². The van der Waals surface area contributed by atoms with Crippen molar-refractivity contribution in [3.05, 3.63) is 95.3 Å². The number of nitriles is 1. The van der Waals surface area contributed by atoms with Crippen molar-refractivity contribution < 1.29 is 19.4 Å². The molecule has 3 aromatic rings. The third-order valence-electron chi connectivity index (χ3n) is 5.10. The van der Waals surface area contributed by atoms with Crippen LogP contribution in [0, 0.1) is 11.3 Å². The Balaban J connectivity index is 1.95. The number of nitrogens with zero attached hydrogens (tertiary/aromatic N) is 3. The van der Waals surface area contributed by atoms with Crippen LogP contribution < -0.4 is 9.64 Å². The molecular weight excluding hydrogens is 394 g/mol. The molecule has 0 radical (unpaired) electrons. The minimum atomic E-state index is -0.874. The van der Waals surface area contributed by atoms with Gasteiger partial charge in [-0.1, -0.05) is 12.1 Å². The third kappa shape index (κ3) is 3.40. The van der Waals surface area contributed by atoms with E-state index in [2.05, 4.69) is 4.98 Å². The van der Waals surface area contributed by atoms with Gasteiger partial charge in [0.25, 0.3) is 11.7 Å². The summed E-state index contributed by atoms with van der Waals surface area (Å²) in [4.78, 5) is 31.5. The van der Waals surface area contributed by atoms with Crippen molar-refractivity contribution in [2.24, 2.45) is 0 Å². The molecule has 1 fully saturated rings. The Kier molecular flexibility index (Phi) is 5.21. The zero-order chi connectivity index (χ0) is 22.0. The van der Waals surface area contributed by atoms with Crippen LogP contribution in [-0.4, -0.2) is 28.9 Å². The first-order valence-corrected chi connectivity index (χ1v) is 9.41. The second-order valence-electron chi connectivity index (χ2n) is 6.81. The monoisotopic (exact) mass is 411 g/mol. The number of ketones is 1. The highest BCUT2D eigenvalue weighted by Crippen LogP contribution is 2.43. The number of amides is 1. The summed E-state index contributed by atoms with van der Waals surface area (Å²) in [7, 11) is 1.46. The van der Waals surface area contributed by atoms with Crippen molar-refractivity contribution >= 4 is 23.1 Å². The van der Waals surface area contributed by atoms with Crippen molar-refractivity contribution in [3.8, 4) is 11.8 Å². The quantitative estimate of drug-likeness (QED) is 0.400. The lowest BCUT2D eigenvalue weighted by Gasteiger charge is -2.25. The maximum Gasteiger partial charge on any atom is 0.300 e. The number of rotatable bonds is 4. The van der Waals surface area contributed by atoms with E-state index in [9.17, 15) is 14.7 Å². The maximum absolute atomic E-state index is 13.1. The number of Topliss-reactive ketones (excluding diaryl/α,β-unsaturated/α-hetero) is 1. The Morgan fingerprint density at radius 3 is 2.39 bits per heavy atom. The summed E-state index contributed by atoms with van der Waals surface area (Å²) in [6, 6.07) is 17.6. The molecule has 1 aliphatic heterocycles. The Hall–Kier alpha value is -4.44. The first-order chi connectivity index (χ1) is 15.1. The smallest absolute Gasteiger partial charge is 0.300 e. The minimum Gasteiger partial charge on any atom is -0.507 e. The Bertz CT molecular complexity index is 1230. The average molecular weight is 411 g/mol. The highest BCUT2D eigenvalue weighted by molar-refractivity contribution is 6.51. The van der Waals surface area contributed by atoms with Gasteiger partial charge in [-0.3, -0.25) is 19.5 Å². The number of ether oxygens (including phenoxy) is 1. The average Bonchev–Trinajstić information content (AvgIpc) is 3.09. The molecule has 7 heteroatoms. The zero-order valence-corrected chi connectivity index (χ0v) is 16.5. The van der Waals surface area contributed by atoms with Crippen LogP contribution in [0.1, 0.15) is 22.7 Å². The number of benzene rings is 2. The molecule has 1 N–H and O–H groups in total. The minimum absolute atomic E-state index is 0.0509. The number of hydrogen-bond donors (Lipinski definition) is 1. The molecule has 1 aliphatic rings. The molecule has 1 amide bonds. The van der Waals surface area contributed by atoms with E-state index in [0.717, 1.165) is 0 Å². The molecule has 31 heavy (non-hydrogen) atoms. The fourth-order valence-corrected chi connectivity index (χ4v) is 3.64. The largest absolute Gasteiger partial charge is 0.507 e. The van der Waals surface area contributed by atoms with E-state index in [0.29, 0.717) is 28.1 Å². The highest BCUT2D eigenvalue weighted by Gasteiger charge is 2.47. The summed E-state index contributed by atoms with van der Waals surface area (Å²) >= 11 is 0. The summed E-state index contributed by atoms with van der Waals surface area (Å²) in [5.74, 6) is -1.54. The van der Waals surface area contributed by atoms with E-state index in [-0.39, 0.29) is 11.3 Å². The van der Waals surface area contributed by atoms with Crippen molar-refractivity contribution in [1.29, 1.82) is 5.26 Å². The molecule has 0 saturated carbocycles. The van der Waals surface area contributed by atoms with Crippen LogP contribution in [0.25, 0.3) is 5.76 Å². The van der Waals surface area contributed by atoms with Crippen molar-refractivity contribution in [3.63, 3.8) is 0 Å². The molecule has 4 rings (SSSR count). The predicted molar refractivity (Wildman–Crippen MR) is 113 cm³/mol. The fourth-order valence-electron chi connectivity index (χ4n) is 3.64. The fraction of sp³-hybridized carbons (Fsp3) is 0.0833. The van der Waals surface area contributed by atoms with Gasteiger partial charge in [0.15, 0.2) is 0 Å². The standard InChI is InChI=1S/C24H17N3O4/c1-31-19-5-3-2-4-18(19)22(28)20-21(16-10-12-26-13-11-16)27(24(30)23(20)29)17-8-6-15(14-25)7-9-17/h2-13,21,28H,1H3/b22-20-. The molecule has 1 aromatic heterocycles. The molecule has 0 aliphatic carbocycles. The lowest BCUT2D eigenvalue weighted by Crippen LogP contribution is -2.29. The van der Waals surface area contributed by atoms with E-state index in [1.807, 2.05) is 6.07 Å². The van der Waals surface area contributed by atoms with Gasteiger partial charge in [0, 0.05) is 18.1 Å². The van der Waals surface area contributed by atoms with E-state index in [1.54, 1.807) is 73.1 Å². The predicted octanol–water partition coefficient (Wildman–Crippen LogP) is 3.59.